The van der Waals surface area contributed by atoms with Gasteiger partial charge in [0.2, 0.25) is 0 Å². The van der Waals surface area contributed by atoms with E-state index in [1.54, 1.807) is 24.4 Å². The molecule has 0 bridgehead atoms. The number of halogens is 1. The molecule has 11 heteroatoms. The van der Waals surface area contributed by atoms with Crippen molar-refractivity contribution in [3.05, 3.63) is 106 Å². The van der Waals surface area contributed by atoms with Crippen LogP contribution in [0.4, 0.5) is 10.2 Å². The molecule has 1 saturated carbocycles. The number of aryl methyl sites for hydroxylation is 1. The number of hydrogen-bond acceptors (Lipinski definition) is 7. The Kier molecular flexibility index (Phi) is 7.29. The first-order chi connectivity index (χ1) is 23.3. The molecule has 48 heavy (non-hydrogen) atoms. The number of carboxylic acids is 1. The van der Waals surface area contributed by atoms with Gasteiger partial charge >= 0.3 is 5.97 Å². The number of nitrogens with zero attached hydrogens (tertiary/aromatic N) is 8. The van der Waals surface area contributed by atoms with Gasteiger partial charge in [0.05, 0.1) is 41.3 Å². The number of piperidine rings is 1. The van der Waals surface area contributed by atoms with Crippen LogP contribution in [0.5, 0.6) is 0 Å². The fourth-order valence-electron chi connectivity index (χ4n) is 8.33. The first kappa shape index (κ1) is 30.3. The SMILES string of the molecule is CCn1ccnc1Cn1c(CN2CC[C@]3(c4cccc(N5CCc6cc(C#N)cc(F)c6C5)n4)[C@H](C)[C@@H]3C2)nc2ccc(C(=O)O)cc21. The van der Waals surface area contributed by atoms with E-state index in [0.29, 0.717) is 49.0 Å². The molecule has 1 aliphatic carbocycles. The maximum atomic E-state index is 14.9. The van der Waals surface area contributed by atoms with Gasteiger partial charge in [0, 0.05) is 55.2 Å². The molecule has 0 unspecified atom stereocenters. The lowest BCUT2D eigenvalue weighted by molar-refractivity contribution is 0.0697. The summed E-state index contributed by atoms with van der Waals surface area (Å²) in [5.41, 5.74) is 4.87. The van der Waals surface area contributed by atoms with Crippen LogP contribution in [0.15, 0.2) is 60.9 Å². The second kappa shape index (κ2) is 11.6. The van der Waals surface area contributed by atoms with Crippen LogP contribution in [0, 0.1) is 29.0 Å². The summed E-state index contributed by atoms with van der Waals surface area (Å²) in [5, 5.41) is 18.9. The average molecular weight is 645 g/mol. The van der Waals surface area contributed by atoms with Gasteiger partial charge in [0.1, 0.15) is 23.3 Å². The van der Waals surface area contributed by atoms with E-state index in [2.05, 4.69) is 56.0 Å². The largest absolute Gasteiger partial charge is 0.478 e. The maximum absolute atomic E-state index is 14.9. The molecule has 1 N–H and O–H groups in total. The van der Waals surface area contributed by atoms with Crippen molar-refractivity contribution in [2.75, 3.05) is 24.5 Å². The summed E-state index contributed by atoms with van der Waals surface area (Å²) in [5.74, 6) is 2.33. The summed E-state index contributed by atoms with van der Waals surface area (Å²) in [6.07, 6.45) is 5.42. The zero-order valence-electron chi connectivity index (χ0n) is 27.1. The van der Waals surface area contributed by atoms with Gasteiger partial charge in [-0.25, -0.2) is 24.1 Å². The van der Waals surface area contributed by atoms with Crippen molar-refractivity contribution >= 4 is 22.8 Å². The molecule has 2 fully saturated rings. The number of anilines is 1. The first-order valence-corrected chi connectivity index (χ1v) is 16.7. The lowest BCUT2D eigenvalue weighted by Gasteiger charge is -2.33. The minimum Gasteiger partial charge on any atom is -0.478 e. The van der Waals surface area contributed by atoms with Crippen LogP contribution in [0.25, 0.3) is 11.0 Å². The van der Waals surface area contributed by atoms with E-state index in [-0.39, 0.29) is 16.8 Å². The number of carbonyl (C=O) groups is 1. The molecule has 0 amide bonds. The number of pyridine rings is 1. The molecule has 2 aliphatic heterocycles. The van der Waals surface area contributed by atoms with Crippen LogP contribution in [0.3, 0.4) is 0 Å². The quantitative estimate of drug-likeness (QED) is 0.240. The van der Waals surface area contributed by atoms with Gasteiger partial charge in [-0.05, 0) is 86.2 Å². The number of likely N-dealkylation sites (tertiary alicyclic amines) is 1. The van der Waals surface area contributed by atoms with Crippen molar-refractivity contribution in [1.82, 2.24) is 29.0 Å². The summed E-state index contributed by atoms with van der Waals surface area (Å²) in [4.78, 5) is 31.3. The minimum absolute atomic E-state index is 0.00948. The van der Waals surface area contributed by atoms with Gasteiger partial charge < -0.3 is 19.1 Å². The molecule has 2 aromatic carbocycles. The standard InChI is InChI=1S/C37H37FN8O2/c1-3-44-14-11-40-34(44)22-46-31-17-26(36(47)48)7-8-30(31)41-35(46)21-43-13-10-37(23(2)28(37)20-43)32-5-4-6-33(42-32)45-12-9-25-15-24(18-39)16-29(38)27(25)19-45/h4-8,11,14-17,23,28H,3,9-10,12-13,19-22H2,1-2H3,(H,47,48)/t23-,28+,37+/m1/s1. The average Bonchev–Trinajstić information content (AvgIpc) is 3.36. The van der Waals surface area contributed by atoms with Crippen molar-refractivity contribution in [2.24, 2.45) is 11.8 Å². The fourth-order valence-corrected chi connectivity index (χ4v) is 8.33. The molecule has 8 rings (SSSR count). The van der Waals surface area contributed by atoms with Crippen LogP contribution >= 0.6 is 0 Å². The molecule has 3 atom stereocenters. The molecule has 0 spiro atoms. The molecule has 3 aliphatic rings. The molecule has 5 heterocycles. The van der Waals surface area contributed by atoms with Crippen molar-refractivity contribution in [3.63, 3.8) is 0 Å². The molecule has 5 aromatic rings. The Labute approximate surface area is 278 Å². The summed E-state index contributed by atoms with van der Waals surface area (Å²) < 4.78 is 19.1. The highest BCUT2D eigenvalue weighted by Gasteiger charge is 2.65. The normalized spacial score (nSPS) is 21.9. The number of hydrogen-bond donors (Lipinski definition) is 1. The third-order valence-corrected chi connectivity index (χ3v) is 11.1. The second-order valence-electron chi connectivity index (χ2n) is 13.4. The van der Waals surface area contributed by atoms with Crippen LogP contribution in [0.2, 0.25) is 0 Å². The van der Waals surface area contributed by atoms with E-state index in [4.69, 9.17) is 9.97 Å². The summed E-state index contributed by atoms with van der Waals surface area (Å²) >= 11 is 0. The Bertz CT molecular complexity index is 2110. The number of aromatic nitrogens is 5. The van der Waals surface area contributed by atoms with E-state index in [0.717, 1.165) is 72.4 Å². The van der Waals surface area contributed by atoms with Crippen LogP contribution in [-0.4, -0.2) is 59.7 Å². The van der Waals surface area contributed by atoms with Gasteiger partial charge in [-0.1, -0.05) is 13.0 Å². The lowest BCUT2D eigenvalue weighted by Crippen LogP contribution is -2.37. The topological polar surface area (TPSA) is 116 Å². The number of fused-ring (bicyclic) bond motifs is 3. The summed E-state index contributed by atoms with van der Waals surface area (Å²) in [7, 11) is 0. The molecule has 244 valence electrons. The molecule has 10 nitrogen and oxygen atoms in total. The molecular formula is C37H37FN8O2. The van der Waals surface area contributed by atoms with Crippen molar-refractivity contribution in [3.8, 4) is 6.07 Å². The Hall–Kier alpha value is -5.08. The van der Waals surface area contributed by atoms with Gasteiger partial charge in [-0.2, -0.15) is 5.26 Å². The predicted octanol–water partition coefficient (Wildman–Crippen LogP) is 5.38. The Morgan fingerprint density at radius 1 is 1.12 bits per heavy atom. The number of carboxylic acid groups (broad SMARTS) is 1. The number of aromatic carboxylic acids is 1. The van der Waals surface area contributed by atoms with E-state index >= 15 is 0 Å². The summed E-state index contributed by atoms with van der Waals surface area (Å²) in [6.45, 7) is 9.35. The Morgan fingerprint density at radius 2 is 2.00 bits per heavy atom. The first-order valence-electron chi connectivity index (χ1n) is 16.7. The third kappa shape index (κ3) is 4.94. The van der Waals surface area contributed by atoms with Crippen LogP contribution in [-0.2, 0) is 38.0 Å². The van der Waals surface area contributed by atoms with Gasteiger partial charge in [-0.15, -0.1) is 0 Å². The highest BCUT2D eigenvalue weighted by Crippen LogP contribution is 2.63. The third-order valence-electron chi connectivity index (χ3n) is 11.1. The highest BCUT2D eigenvalue weighted by molar-refractivity contribution is 5.92. The fraction of sp³-hybridized carbons (Fsp3) is 0.378. The van der Waals surface area contributed by atoms with Crippen molar-refractivity contribution in [2.45, 2.75) is 58.3 Å². The zero-order chi connectivity index (χ0) is 33.2. The number of nitriles is 1. The molecule has 1 saturated heterocycles. The van der Waals surface area contributed by atoms with Gasteiger partial charge in [0.15, 0.2) is 0 Å². The van der Waals surface area contributed by atoms with E-state index in [1.165, 1.54) is 6.07 Å². The van der Waals surface area contributed by atoms with Gasteiger partial charge in [-0.3, -0.25) is 4.90 Å². The molecule has 0 radical (unpaired) electrons. The zero-order valence-corrected chi connectivity index (χ0v) is 27.1. The van der Waals surface area contributed by atoms with Gasteiger partial charge in [0.25, 0.3) is 0 Å². The predicted molar refractivity (Wildman–Crippen MR) is 178 cm³/mol. The second-order valence-corrected chi connectivity index (χ2v) is 13.4. The Morgan fingerprint density at radius 3 is 2.79 bits per heavy atom. The Balaban J connectivity index is 1.03. The summed E-state index contributed by atoms with van der Waals surface area (Å²) in [6, 6.07) is 16.6. The highest BCUT2D eigenvalue weighted by atomic mass is 19.1. The van der Waals surface area contributed by atoms with Crippen molar-refractivity contribution < 1.29 is 14.3 Å². The minimum atomic E-state index is -0.958. The number of imidazole rings is 2. The maximum Gasteiger partial charge on any atom is 0.335 e. The van der Waals surface area contributed by atoms with Crippen LogP contribution in [0.1, 0.15) is 64.7 Å². The molecular weight excluding hydrogens is 607 g/mol. The van der Waals surface area contributed by atoms with E-state index in [9.17, 15) is 19.6 Å². The van der Waals surface area contributed by atoms with E-state index < -0.39 is 5.97 Å². The lowest BCUT2D eigenvalue weighted by atomic mass is 9.89. The van der Waals surface area contributed by atoms with Crippen LogP contribution < -0.4 is 4.90 Å². The number of rotatable bonds is 8. The van der Waals surface area contributed by atoms with E-state index in [1.807, 2.05) is 18.3 Å². The smallest absolute Gasteiger partial charge is 0.335 e. The van der Waals surface area contributed by atoms with Crippen molar-refractivity contribution in [1.29, 1.82) is 5.26 Å². The number of benzene rings is 2. The molecule has 3 aromatic heterocycles. The monoisotopic (exact) mass is 644 g/mol.